The van der Waals surface area contributed by atoms with Crippen LogP contribution in [-0.4, -0.2) is 11.5 Å². The molecule has 1 aromatic heterocycles. The molecule has 0 amide bonds. The van der Waals surface area contributed by atoms with Crippen molar-refractivity contribution < 1.29 is 4.42 Å². The third-order valence-electron chi connectivity index (χ3n) is 5.76. The van der Waals surface area contributed by atoms with Gasteiger partial charge in [-0.1, -0.05) is 0 Å². The van der Waals surface area contributed by atoms with Crippen LogP contribution in [0.1, 0.15) is 55.4 Å². The normalized spacial score (nSPS) is 40.0. The van der Waals surface area contributed by atoms with Crippen molar-refractivity contribution in [1.29, 1.82) is 0 Å². The van der Waals surface area contributed by atoms with Crippen LogP contribution < -0.4 is 5.73 Å². The Hall–Kier alpha value is -0.830. The summed E-state index contributed by atoms with van der Waals surface area (Å²) >= 11 is 0. The fourth-order valence-corrected chi connectivity index (χ4v) is 5.36. The Morgan fingerprint density at radius 1 is 1.11 bits per heavy atom. The summed E-state index contributed by atoms with van der Waals surface area (Å²) in [7, 11) is 0. The van der Waals surface area contributed by atoms with E-state index in [1.807, 2.05) is 0 Å². The SMILES string of the molecule is Cc1nc(CCN)oc1C1C2CC3CC(C2)CC1C3. The van der Waals surface area contributed by atoms with Gasteiger partial charge in [-0.25, -0.2) is 4.98 Å². The van der Waals surface area contributed by atoms with Gasteiger partial charge in [-0.05, 0) is 62.7 Å². The molecule has 3 nitrogen and oxygen atoms in total. The van der Waals surface area contributed by atoms with Crippen molar-refractivity contribution in [2.75, 3.05) is 6.54 Å². The quantitative estimate of drug-likeness (QED) is 0.909. The predicted molar refractivity (Wildman–Crippen MR) is 73.8 cm³/mol. The van der Waals surface area contributed by atoms with Gasteiger partial charge in [0.15, 0.2) is 5.89 Å². The molecule has 1 aromatic rings. The molecule has 3 heteroatoms. The summed E-state index contributed by atoms with van der Waals surface area (Å²) in [5.41, 5.74) is 6.74. The average molecular weight is 260 g/mol. The molecule has 0 unspecified atom stereocenters. The highest BCUT2D eigenvalue weighted by Crippen LogP contribution is 2.60. The van der Waals surface area contributed by atoms with Gasteiger partial charge in [0.25, 0.3) is 0 Å². The highest BCUT2D eigenvalue weighted by atomic mass is 16.4. The van der Waals surface area contributed by atoms with Crippen molar-refractivity contribution in [3.8, 4) is 0 Å². The molecule has 4 bridgehead atoms. The topological polar surface area (TPSA) is 52.0 Å². The maximum absolute atomic E-state index is 6.09. The van der Waals surface area contributed by atoms with Gasteiger partial charge < -0.3 is 10.2 Å². The van der Waals surface area contributed by atoms with Crippen LogP contribution in [0.15, 0.2) is 4.42 Å². The minimum atomic E-state index is 0.626. The molecule has 0 radical (unpaired) electrons. The molecule has 4 fully saturated rings. The van der Waals surface area contributed by atoms with E-state index in [0.29, 0.717) is 12.5 Å². The van der Waals surface area contributed by atoms with Crippen molar-refractivity contribution in [2.24, 2.45) is 29.4 Å². The zero-order valence-corrected chi connectivity index (χ0v) is 11.8. The van der Waals surface area contributed by atoms with E-state index in [9.17, 15) is 0 Å². The second-order valence-electron chi connectivity index (χ2n) is 7.05. The lowest BCUT2D eigenvalue weighted by Crippen LogP contribution is -2.43. The molecule has 0 saturated heterocycles. The first-order chi connectivity index (χ1) is 9.24. The Morgan fingerprint density at radius 2 is 1.74 bits per heavy atom. The van der Waals surface area contributed by atoms with Crippen LogP contribution in [0.5, 0.6) is 0 Å². The maximum atomic E-state index is 6.09. The van der Waals surface area contributed by atoms with Crippen LogP contribution in [0.3, 0.4) is 0 Å². The molecule has 1 heterocycles. The Balaban J connectivity index is 1.65. The molecule has 0 aromatic carbocycles. The fraction of sp³-hybridized carbons (Fsp3) is 0.812. The molecular formula is C16H24N2O. The van der Waals surface area contributed by atoms with Gasteiger partial charge in [0.05, 0.1) is 5.69 Å². The predicted octanol–water partition coefficient (Wildman–Crippen LogP) is 3.02. The lowest BCUT2D eigenvalue weighted by Gasteiger charge is -2.53. The summed E-state index contributed by atoms with van der Waals surface area (Å²) in [4.78, 5) is 4.59. The summed E-state index contributed by atoms with van der Waals surface area (Å²) in [6, 6.07) is 0. The molecule has 104 valence electrons. The van der Waals surface area contributed by atoms with Gasteiger partial charge in [0.1, 0.15) is 5.76 Å². The van der Waals surface area contributed by atoms with Gasteiger partial charge in [0.2, 0.25) is 0 Å². The largest absolute Gasteiger partial charge is 0.445 e. The van der Waals surface area contributed by atoms with Crippen LogP contribution in [0.4, 0.5) is 0 Å². The van der Waals surface area contributed by atoms with Crippen molar-refractivity contribution in [3.63, 3.8) is 0 Å². The standard InChI is InChI=1S/C16H24N2O/c1-9-16(19-14(18-9)2-3-17)15-12-5-10-4-11(7-12)8-13(15)6-10/h10-13,15H,2-8,17H2,1H3. The van der Waals surface area contributed by atoms with Crippen LogP contribution in [0.2, 0.25) is 0 Å². The summed E-state index contributed by atoms with van der Waals surface area (Å²) < 4.78 is 6.09. The number of hydrogen-bond donors (Lipinski definition) is 1. The summed E-state index contributed by atoms with van der Waals surface area (Å²) in [5.74, 6) is 6.49. The zero-order chi connectivity index (χ0) is 13.0. The summed E-state index contributed by atoms with van der Waals surface area (Å²) in [6.07, 6.45) is 8.02. The van der Waals surface area contributed by atoms with Crippen LogP contribution in [0.25, 0.3) is 0 Å². The first-order valence-corrected chi connectivity index (χ1v) is 7.91. The molecule has 2 N–H and O–H groups in total. The second-order valence-corrected chi connectivity index (χ2v) is 7.05. The molecule has 5 rings (SSSR count). The third kappa shape index (κ3) is 1.85. The summed E-state index contributed by atoms with van der Waals surface area (Å²) in [5, 5.41) is 0. The minimum absolute atomic E-state index is 0.626. The highest BCUT2D eigenvalue weighted by molar-refractivity contribution is 5.19. The number of hydrogen-bond acceptors (Lipinski definition) is 3. The van der Waals surface area contributed by atoms with E-state index in [2.05, 4.69) is 11.9 Å². The van der Waals surface area contributed by atoms with Crippen LogP contribution in [-0.2, 0) is 6.42 Å². The Labute approximate surface area is 115 Å². The van der Waals surface area contributed by atoms with E-state index in [1.54, 1.807) is 0 Å². The molecule has 0 atom stereocenters. The van der Waals surface area contributed by atoms with E-state index in [0.717, 1.165) is 41.7 Å². The maximum Gasteiger partial charge on any atom is 0.195 e. The van der Waals surface area contributed by atoms with E-state index < -0.39 is 0 Å². The van der Waals surface area contributed by atoms with Crippen LogP contribution in [0, 0.1) is 30.6 Å². The minimum Gasteiger partial charge on any atom is -0.445 e. The number of nitrogens with two attached hydrogens (primary N) is 1. The Bertz CT molecular complexity index is 451. The van der Waals surface area contributed by atoms with E-state index >= 15 is 0 Å². The molecule has 0 spiro atoms. The Morgan fingerprint density at radius 3 is 2.32 bits per heavy atom. The van der Waals surface area contributed by atoms with Gasteiger partial charge in [-0.2, -0.15) is 0 Å². The van der Waals surface area contributed by atoms with Crippen LogP contribution >= 0.6 is 0 Å². The lowest BCUT2D eigenvalue weighted by molar-refractivity contribution is -0.0102. The monoisotopic (exact) mass is 260 g/mol. The smallest absolute Gasteiger partial charge is 0.195 e. The Kier molecular flexibility index (Phi) is 2.73. The highest BCUT2D eigenvalue weighted by Gasteiger charge is 2.50. The number of aromatic nitrogens is 1. The molecule has 4 aliphatic carbocycles. The van der Waals surface area contributed by atoms with Crippen molar-refractivity contribution in [2.45, 2.75) is 51.4 Å². The van der Waals surface area contributed by atoms with E-state index in [-0.39, 0.29) is 0 Å². The molecular weight excluding hydrogens is 236 g/mol. The molecule has 4 aliphatic rings. The molecule has 0 aliphatic heterocycles. The first-order valence-electron chi connectivity index (χ1n) is 7.91. The molecule has 4 saturated carbocycles. The van der Waals surface area contributed by atoms with Crippen molar-refractivity contribution >= 4 is 0 Å². The van der Waals surface area contributed by atoms with Gasteiger partial charge in [0, 0.05) is 18.9 Å². The van der Waals surface area contributed by atoms with Gasteiger partial charge in [-0.15, -0.1) is 0 Å². The third-order valence-corrected chi connectivity index (χ3v) is 5.76. The number of oxazole rings is 1. The van der Waals surface area contributed by atoms with E-state index in [1.165, 1.54) is 37.9 Å². The number of rotatable bonds is 3. The van der Waals surface area contributed by atoms with Gasteiger partial charge in [-0.3, -0.25) is 0 Å². The molecule has 19 heavy (non-hydrogen) atoms. The summed E-state index contributed by atoms with van der Waals surface area (Å²) in [6.45, 7) is 2.74. The zero-order valence-electron chi connectivity index (χ0n) is 11.8. The van der Waals surface area contributed by atoms with Gasteiger partial charge >= 0.3 is 0 Å². The fourth-order valence-electron chi connectivity index (χ4n) is 5.36. The van der Waals surface area contributed by atoms with Crippen molar-refractivity contribution in [1.82, 2.24) is 4.98 Å². The number of aryl methyl sites for hydroxylation is 1. The number of nitrogens with zero attached hydrogens (tertiary/aromatic N) is 1. The average Bonchev–Trinajstić information content (AvgIpc) is 2.69. The van der Waals surface area contributed by atoms with Crippen molar-refractivity contribution in [3.05, 3.63) is 17.3 Å². The first kappa shape index (κ1) is 12.0. The van der Waals surface area contributed by atoms with E-state index in [4.69, 9.17) is 10.2 Å². The second kappa shape index (κ2) is 4.34. The lowest BCUT2D eigenvalue weighted by atomic mass is 9.51.